The van der Waals surface area contributed by atoms with E-state index in [1.807, 2.05) is 4.83 Å². The molecule has 0 amide bonds. The van der Waals surface area contributed by atoms with Gasteiger partial charge in [0.05, 0.1) is 4.90 Å². The smallest absolute Gasteiger partial charge is 0.276 e. The van der Waals surface area contributed by atoms with Crippen LogP contribution in [0, 0.1) is 12.1 Å². The number of hydrogen-bond acceptors (Lipinski definition) is 6. The number of benzene rings is 1. The minimum Gasteiger partial charge on any atom is -0.359 e. The highest BCUT2D eigenvalue weighted by atomic mass is 32.2. The lowest BCUT2D eigenvalue weighted by molar-refractivity contribution is -0.806. The fourth-order valence-corrected chi connectivity index (χ4v) is 2.04. The zero-order valence-electron chi connectivity index (χ0n) is 9.85. The molecule has 0 atom stereocenters. The van der Waals surface area contributed by atoms with Crippen molar-refractivity contribution in [3.8, 4) is 0 Å². The summed E-state index contributed by atoms with van der Waals surface area (Å²) in [5.74, 6) is 0. The van der Waals surface area contributed by atoms with Crippen LogP contribution in [-0.2, 0) is 10.0 Å². The van der Waals surface area contributed by atoms with Crippen LogP contribution in [-0.4, -0.2) is 19.8 Å². The summed E-state index contributed by atoms with van der Waals surface area (Å²) < 4.78 is 27.9. The molecule has 8 nitrogen and oxygen atoms in total. The fraction of sp³-hybridized carbons (Fsp3) is 0.100. The summed E-state index contributed by atoms with van der Waals surface area (Å²) in [7, 11) is -3.73. The second kappa shape index (κ2) is 5.06. The average Bonchev–Trinajstić information content (AvgIpc) is 2.72. The van der Waals surface area contributed by atoms with Gasteiger partial charge in [-0.15, -0.1) is 0 Å². The highest BCUT2D eigenvalue weighted by Crippen LogP contribution is 2.06. The largest absolute Gasteiger partial charge is 0.359 e. The molecule has 0 radical (unpaired) electrons. The lowest BCUT2D eigenvalue weighted by atomic mass is 10.4. The Morgan fingerprint density at radius 1 is 1.42 bits per heavy atom. The van der Waals surface area contributed by atoms with E-state index in [0.29, 0.717) is 0 Å². The van der Waals surface area contributed by atoms with E-state index in [4.69, 9.17) is 0 Å². The summed E-state index contributed by atoms with van der Waals surface area (Å²) in [4.78, 5) is 2.30. The molecule has 19 heavy (non-hydrogen) atoms. The van der Waals surface area contributed by atoms with Crippen LogP contribution in [0.25, 0.3) is 0 Å². The molecule has 0 bridgehead atoms. The molecule has 1 heterocycles. The van der Waals surface area contributed by atoms with E-state index >= 15 is 0 Å². The third-order valence-electron chi connectivity index (χ3n) is 2.27. The fourth-order valence-electron chi connectivity index (χ4n) is 1.23. The van der Waals surface area contributed by atoms with Gasteiger partial charge in [0.2, 0.25) is 5.69 Å². The molecule has 1 aromatic heterocycles. The van der Waals surface area contributed by atoms with Crippen LogP contribution in [0.1, 0.15) is 11.4 Å². The van der Waals surface area contributed by atoms with Crippen molar-refractivity contribution < 1.29 is 17.9 Å². The molecule has 0 saturated carbocycles. The summed E-state index contributed by atoms with van der Waals surface area (Å²) in [6.07, 6.45) is 1.09. The predicted octanol–water partition coefficient (Wildman–Crippen LogP) is -0.0712. The van der Waals surface area contributed by atoms with Crippen molar-refractivity contribution in [1.29, 1.82) is 0 Å². The van der Waals surface area contributed by atoms with Gasteiger partial charge in [-0.2, -0.15) is 18.4 Å². The van der Waals surface area contributed by atoms with Crippen molar-refractivity contribution in [3.63, 3.8) is 0 Å². The number of hydrazone groups is 1. The van der Waals surface area contributed by atoms with E-state index in [1.165, 1.54) is 19.1 Å². The van der Waals surface area contributed by atoms with Crippen LogP contribution in [0.15, 0.2) is 45.0 Å². The van der Waals surface area contributed by atoms with Crippen molar-refractivity contribution in [2.45, 2.75) is 11.8 Å². The lowest BCUT2D eigenvalue weighted by Crippen LogP contribution is -2.26. The summed E-state index contributed by atoms with van der Waals surface area (Å²) in [5, 5.41) is 17.8. The molecule has 2 aromatic rings. The molecule has 0 spiro atoms. The van der Waals surface area contributed by atoms with E-state index in [0.717, 1.165) is 6.21 Å². The van der Waals surface area contributed by atoms with Gasteiger partial charge in [-0.25, -0.2) is 0 Å². The molecule has 0 saturated heterocycles. The number of hydrogen-bond donors (Lipinski definition) is 1. The highest BCUT2D eigenvalue weighted by molar-refractivity contribution is 7.89. The van der Waals surface area contributed by atoms with Crippen molar-refractivity contribution in [2.24, 2.45) is 5.10 Å². The van der Waals surface area contributed by atoms with Crippen molar-refractivity contribution in [1.82, 2.24) is 9.99 Å². The first-order valence-electron chi connectivity index (χ1n) is 5.17. The Hall–Kier alpha value is -2.42. The topological polar surface area (TPSA) is 112 Å². The summed E-state index contributed by atoms with van der Waals surface area (Å²) in [6.45, 7) is 1.47. The molecule has 0 aliphatic heterocycles. The van der Waals surface area contributed by atoms with Crippen LogP contribution in [0.5, 0.6) is 0 Å². The molecule has 1 aromatic carbocycles. The number of nitrogens with zero attached hydrogens (tertiary/aromatic N) is 3. The van der Waals surface area contributed by atoms with Gasteiger partial charge < -0.3 is 5.21 Å². The number of nitrogens with one attached hydrogen (secondary N) is 1. The monoisotopic (exact) mass is 282 g/mol. The van der Waals surface area contributed by atoms with Gasteiger partial charge in [-0.3, -0.25) is 4.63 Å². The maximum atomic E-state index is 11.8. The van der Waals surface area contributed by atoms with Crippen molar-refractivity contribution in [3.05, 3.63) is 46.9 Å². The predicted molar refractivity (Wildman–Crippen MR) is 64.6 cm³/mol. The molecule has 1 N–H and O–H groups in total. The Kier molecular flexibility index (Phi) is 3.47. The van der Waals surface area contributed by atoms with Gasteiger partial charge in [0.1, 0.15) is 6.21 Å². The Balaban J connectivity index is 2.13. The highest BCUT2D eigenvalue weighted by Gasteiger charge is 2.13. The molecule has 0 aliphatic carbocycles. The number of aromatic nitrogens is 2. The van der Waals surface area contributed by atoms with Gasteiger partial charge >= 0.3 is 0 Å². The summed E-state index contributed by atoms with van der Waals surface area (Å²) >= 11 is 0. The molecule has 9 heteroatoms. The van der Waals surface area contributed by atoms with Gasteiger partial charge in [-0.05, 0) is 17.0 Å². The molecular weight excluding hydrogens is 272 g/mol. The maximum Gasteiger partial charge on any atom is 0.276 e. The van der Waals surface area contributed by atoms with Crippen molar-refractivity contribution in [2.75, 3.05) is 0 Å². The standard InChI is InChI=1S/C10H10N4O4S/c1-8-10(12-18-14(8)15)7-11-13-19(16,17)9-5-3-2-4-6-9/h2-7,13H,1H3/b11-7+. The Bertz CT molecular complexity index is 694. The maximum absolute atomic E-state index is 11.8. The van der Waals surface area contributed by atoms with Gasteiger partial charge in [0.15, 0.2) is 0 Å². The lowest BCUT2D eigenvalue weighted by Gasteiger charge is -2.01. The number of rotatable bonds is 4. The van der Waals surface area contributed by atoms with Gasteiger partial charge in [-0.1, -0.05) is 18.2 Å². The first kappa shape index (κ1) is 13.0. The van der Waals surface area contributed by atoms with E-state index in [-0.39, 0.29) is 21.2 Å². The normalized spacial score (nSPS) is 11.8. The molecule has 100 valence electrons. The summed E-state index contributed by atoms with van der Waals surface area (Å²) in [5.41, 5.74) is 0.327. The minimum absolute atomic E-state index is 0.0860. The van der Waals surface area contributed by atoms with Crippen LogP contribution < -0.4 is 9.73 Å². The zero-order chi connectivity index (χ0) is 13.9. The first-order valence-corrected chi connectivity index (χ1v) is 6.65. The SMILES string of the molecule is Cc1c(/C=N/NS(=O)(=O)c2ccccc2)no[n+]1[O-]. The second-order valence-corrected chi connectivity index (χ2v) is 5.23. The van der Waals surface area contributed by atoms with E-state index in [1.54, 1.807) is 18.2 Å². The van der Waals surface area contributed by atoms with E-state index in [9.17, 15) is 13.6 Å². The van der Waals surface area contributed by atoms with Gasteiger partial charge in [0.25, 0.3) is 15.7 Å². The minimum atomic E-state index is -3.73. The Morgan fingerprint density at radius 2 is 2.11 bits per heavy atom. The molecule has 0 unspecified atom stereocenters. The average molecular weight is 282 g/mol. The third kappa shape index (κ3) is 2.88. The van der Waals surface area contributed by atoms with E-state index in [2.05, 4.69) is 14.9 Å². The van der Waals surface area contributed by atoms with Crippen LogP contribution in [0.4, 0.5) is 0 Å². The first-order chi connectivity index (χ1) is 9.00. The number of sulfonamides is 1. The molecular formula is C10H10N4O4S. The second-order valence-electron chi connectivity index (χ2n) is 3.57. The van der Waals surface area contributed by atoms with Gasteiger partial charge in [0, 0.05) is 12.1 Å². The summed E-state index contributed by atoms with van der Waals surface area (Å²) in [6, 6.07) is 7.77. The Morgan fingerprint density at radius 3 is 2.68 bits per heavy atom. The molecule has 0 aliphatic rings. The molecule has 0 fully saturated rings. The zero-order valence-corrected chi connectivity index (χ0v) is 10.7. The van der Waals surface area contributed by atoms with E-state index < -0.39 is 10.0 Å². The molecule has 2 rings (SSSR count). The van der Waals surface area contributed by atoms with Crippen LogP contribution in [0.3, 0.4) is 0 Å². The van der Waals surface area contributed by atoms with Crippen LogP contribution in [0.2, 0.25) is 0 Å². The van der Waals surface area contributed by atoms with Crippen molar-refractivity contribution >= 4 is 16.2 Å². The Labute approximate surface area is 108 Å². The third-order valence-corrected chi connectivity index (χ3v) is 3.51. The quantitative estimate of drug-likeness (QED) is 0.479. The van der Waals surface area contributed by atoms with Crippen LogP contribution >= 0.6 is 0 Å².